The van der Waals surface area contributed by atoms with E-state index in [-0.39, 0.29) is 85.1 Å². The third-order valence-electron chi connectivity index (χ3n) is 11.7. The first-order valence-corrected chi connectivity index (χ1v) is 18.3. The molecule has 288 valence electrons. The second-order valence-corrected chi connectivity index (χ2v) is 14.9. The van der Waals surface area contributed by atoms with Gasteiger partial charge in [0.15, 0.2) is 0 Å². The Labute approximate surface area is 349 Å². The standard InChI is InChI=1S/C22H25FN2O.C18H17FN2O.C4H7.BrH.FH.Mg/c1-3-4-5-21(26)19-11-6-16-12-20-15(13-22(16,19)2)14-24-25(20)18-9-7-17(23)8-10-18;1-18-9-12-10-20-21(16-6-4-15(19)5-7-16)17(12)8-13(18)2-3-14(18)11-22;1-3-4-2;;;/h3,7-10,12,14,19,21,26H,1,4-6,11,13H2,2H3;4-8,10-11,14H,2-3,9H2,1H3;3H,1-2,4H2;2*1H;/q;;-1;;;+2/p-1/t19-,21+,22+;14-,18+;;;;/m11..../s1. The molecule has 0 spiro atoms. The third-order valence-corrected chi connectivity index (χ3v) is 11.7. The molecule has 0 saturated heterocycles. The number of carbonyl (C=O) groups excluding carboxylic acids is 1. The molecule has 4 aliphatic rings. The molecule has 2 aromatic heterocycles. The van der Waals surface area contributed by atoms with Crippen LogP contribution in [0.25, 0.3) is 23.5 Å². The zero-order valence-corrected chi connectivity index (χ0v) is 34.8. The maximum Gasteiger partial charge on any atom is 2.00 e. The zero-order chi connectivity index (χ0) is 37.0. The van der Waals surface area contributed by atoms with Gasteiger partial charge in [0.1, 0.15) is 17.9 Å². The number of hydrogen-bond acceptors (Lipinski definition) is 4. The first-order valence-electron chi connectivity index (χ1n) is 18.3. The maximum absolute atomic E-state index is 13.2. The van der Waals surface area contributed by atoms with E-state index >= 15 is 0 Å². The number of aldehydes is 1. The van der Waals surface area contributed by atoms with Crippen molar-refractivity contribution < 1.29 is 40.4 Å². The van der Waals surface area contributed by atoms with E-state index in [4.69, 9.17) is 0 Å². The molecular formula is C44H50BrF3MgN4O2. The summed E-state index contributed by atoms with van der Waals surface area (Å²) in [5.74, 6) is -0.120. The van der Waals surface area contributed by atoms with Crippen molar-refractivity contribution >= 4 is 41.5 Å². The van der Waals surface area contributed by atoms with Crippen LogP contribution in [-0.2, 0) is 17.6 Å². The van der Waals surface area contributed by atoms with Crippen LogP contribution in [0.3, 0.4) is 0 Å². The predicted molar refractivity (Wildman–Crippen MR) is 212 cm³/mol. The molecule has 0 bridgehead atoms. The van der Waals surface area contributed by atoms with Crippen molar-refractivity contribution in [2.45, 2.75) is 77.7 Å². The van der Waals surface area contributed by atoms with Crippen LogP contribution in [0.5, 0.6) is 0 Å². The third kappa shape index (κ3) is 9.22. The van der Waals surface area contributed by atoms with E-state index in [2.05, 4.69) is 56.3 Å². The quantitative estimate of drug-likeness (QED) is 0.0963. The van der Waals surface area contributed by atoms with Crippen molar-refractivity contribution in [1.29, 1.82) is 0 Å². The van der Waals surface area contributed by atoms with Gasteiger partial charge < -0.3 is 33.8 Å². The summed E-state index contributed by atoms with van der Waals surface area (Å²) >= 11 is 0. The number of halogens is 4. The molecule has 55 heavy (non-hydrogen) atoms. The van der Waals surface area contributed by atoms with Crippen LogP contribution in [0.4, 0.5) is 13.5 Å². The Kier molecular flexibility index (Phi) is 16.3. The SMILES string of the molecule is C=CCC[C@H](O)[C@H]1CCC2=Cc3c(cnn3-c3ccc(F)cc3)C[C@@]21C.C=CC[CH2-].C[C@]12Cc3cnn(-c4ccc(F)cc4)c3C=C1CC[C@@H]2C=O.F.[Br-].[Mg+2]. The Morgan fingerprint density at radius 1 is 0.855 bits per heavy atom. The number of aliphatic hydroxyl groups excluding tert-OH is 1. The molecule has 0 amide bonds. The number of aliphatic hydroxyl groups is 1. The molecule has 2 saturated carbocycles. The predicted octanol–water partition coefficient (Wildman–Crippen LogP) is 6.43. The molecule has 6 nitrogen and oxygen atoms in total. The Morgan fingerprint density at radius 2 is 1.31 bits per heavy atom. The minimum Gasteiger partial charge on any atom is -1.00 e. The van der Waals surface area contributed by atoms with Crippen LogP contribution >= 0.6 is 0 Å². The van der Waals surface area contributed by atoms with E-state index in [1.165, 1.54) is 41.0 Å². The number of benzene rings is 2. The molecule has 0 aliphatic heterocycles. The van der Waals surface area contributed by atoms with Gasteiger partial charge in [-0.15, -0.1) is 19.2 Å². The van der Waals surface area contributed by atoms with E-state index in [1.54, 1.807) is 30.3 Å². The van der Waals surface area contributed by atoms with Gasteiger partial charge in [0, 0.05) is 11.3 Å². The maximum atomic E-state index is 13.2. The number of rotatable bonds is 8. The summed E-state index contributed by atoms with van der Waals surface area (Å²) in [6.45, 7) is 15.1. The largest absolute Gasteiger partial charge is 2.00 e. The fraction of sp³-hybridized carbons (Fsp3) is 0.364. The number of nitrogens with zero attached hydrogens (tertiary/aromatic N) is 4. The summed E-state index contributed by atoms with van der Waals surface area (Å²) in [5, 5.41) is 19.7. The number of fused-ring (bicyclic) bond motifs is 4. The van der Waals surface area contributed by atoms with Gasteiger partial charge in [-0.05, 0) is 135 Å². The summed E-state index contributed by atoms with van der Waals surface area (Å²) in [7, 11) is 0. The second kappa shape index (κ2) is 19.6. The van der Waals surface area contributed by atoms with E-state index < -0.39 is 0 Å². The van der Waals surface area contributed by atoms with Gasteiger partial charge in [-0.25, -0.2) is 18.1 Å². The van der Waals surface area contributed by atoms with Crippen molar-refractivity contribution in [3.63, 3.8) is 0 Å². The first kappa shape index (κ1) is 45.9. The fourth-order valence-corrected chi connectivity index (χ4v) is 8.66. The second-order valence-electron chi connectivity index (χ2n) is 14.9. The molecule has 2 aromatic carbocycles. The van der Waals surface area contributed by atoms with Gasteiger partial charge in [-0.2, -0.15) is 16.6 Å². The van der Waals surface area contributed by atoms with Crippen LogP contribution in [0.2, 0.25) is 0 Å². The van der Waals surface area contributed by atoms with Gasteiger partial charge in [-0.1, -0.05) is 31.1 Å². The topological polar surface area (TPSA) is 72.9 Å². The molecule has 0 unspecified atom stereocenters. The van der Waals surface area contributed by atoms with Gasteiger partial charge in [-0.3, -0.25) is 4.70 Å². The summed E-state index contributed by atoms with van der Waals surface area (Å²) in [5.41, 5.74) is 8.89. The van der Waals surface area contributed by atoms with E-state index in [1.807, 2.05) is 27.8 Å². The summed E-state index contributed by atoms with van der Waals surface area (Å²) in [6, 6.07) is 12.8. The van der Waals surface area contributed by atoms with Crippen molar-refractivity contribution in [1.82, 2.24) is 19.6 Å². The Bertz CT molecular complexity index is 1990. The number of carbonyl (C=O) groups is 1. The van der Waals surface area contributed by atoms with E-state index in [0.717, 1.165) is 92.4 Å². The van der Waals surface area contributed by atoms with Gasteiger partial charge in [0.05, 0.1) is 41.3 Å². The Hall–Kier alpha value is -3.51. The molecule has 4 aromatic rings. The number of hydrogen-bond donors (Lipinski definition) is 1. The fourth-order valence-electron chi connectivity index (χ4n) is 8.66. The molecule has 5 atom stereocenters. The monoisotopic (exact) mass is 826 g/mol. The van der Waals surface area contributed by atoms with E-state index in [9.17, 15) is 18.7 Å². The average Bonchev–Trinajstić information content (AvgIpc) is 3.91. The zero-order valence-electron chi connectivity index (χ0n) is 31.8. The van der Waals surface area contributed by atoms with Crippen molar-refractivity contribution in [2.24, 2.45) is 22.7 Å². The smallest absolute Gasteiger partial charge is 1.00 e. The van der Waals surface area contributed by atoms with Gasteiger partial charge >= 0.3 is 23.1 Å². The minimum absolute atomic E-state index is 0. The first-order chi connectivity index (χ1) is 25.1. The van der Waals surface area contributed by atoms with Crippen molar-refractivity contribution in [2.75, 3.05) is 0 Å². The Balaban J connectivity index is 0.000000259. The van der Waals surface area contributed by atoms with Crippen LogP contribution in [0, 0.1) is 41.2 Å². The number of aromatic nitrogens is 4. The molecule has 2 fully saturated rings. The average molecular weight is 828 g/mol. The normalized spacial score (nSPS) is 22.9. The molecule has 4 aliphatic carbocycles. The van der Waals surface area contributed by atoms with Crippen molar-refractivity contribution in [3.05, 3.63) is 138 Å². The summed E-state index contributed by atoms with van der Waals surface area (Å²) in [4.78, 5) is 11.4. The molecule has 8 rings (SSSR count). The van der Waals surface area contributed by atoms with Gasteiger partial charge in [0.25, 0.3) is 0 Å². The molecular weight excluding hydrogens is 778 g/mol. The molecule has 11 heteroatoms. The Morgan fingerprint density at radius 3 is 1.76 bits per heavy atom. The van der Waals surface area contributed by atoms with Crippen LogP contribution < -0.4 is 17.0 Å². The van der Waals surface area contributed by atoms with Crippen LogP contribution in [0.15, 0.2) is 97.4 Å². The summed E-state index contributed by atoms with van der Waals surface area (Å²) < 4.78 is 30.1. The molecule has 2 heterocycles. The minimum atomic E-state index is -0.294. The van der Waals surface area contributed by atoms with Crippen molar-refractivity contribution in [3.8, 4) is 11.4 Å². The molecule has 0 radical (unpaired) electrons. The van der Waals surface area contributed by atoms with Gasteiger partial charge in [0.2, 0.25) is 0 Å². The van der Waals surface area contributed by atoms with E-state index in [0.29, 0.717) is 0 Å². The number of allylic oxidation sites excluding steroid dienone is 4. The molecule has 1 N–H and O–H groups in total. The van der Waals surface area contributed by atoms with Crippen LogP contribution in [-0.4, -0.2) is 60.1 Å². The summed E-state index contributed by atoms with van der Waals surface area (Å²) in [6.07, 6.45) is 20.8. The van der Waals surface area contributed by atoms with Crippen LogP contribution in [0.1, 0.15) is 81.3 Å².